The lowest BCUT2D eigenvalue weighted by atomic mass is 10.1. The van der Waals surface area contributed by atoms with Crippen LogP contribution in [0, 0.1) is 13.8 Å². The monoisotopic (exact) mass is 337 g/mol. The summed E-state index contributed by atoms with van der Waals surface area (Å²) in [5.74, 6) is 0. The van der Waals surface area contributed by atoms with Crippen molar-refractivity contribution in [2.75, 3.05) is 5.32 Å². The van der Waals surface area contributed by atoms with E-state index in [2.05, 4.69) is 59.4 Å². The quantitative estimate of drug-likeness (QED) is 0.735. The average molecular weight is 339 g/mol. The maximum absolute atomic E-state index is 6.18. The lowest BCUT2D eigenvalue weighted by molar-refractivity contribution is 0.882. The normalized spacial score (nSPS) is 12.3. The van der Waals surface area contributed by atoms with Gasteiger partial charge in [0.05, 0.1) is 5.69 Å². The number of benzene rings is 2. The summed E-state index contributed by atoms with van der Waals surface area (Å²) in [4.78, 5) is 0. The third-order valence-electron chi connectivity index (χ3n) is 3.20. The molecule has 0 aliphatic rings. The molecule has 1 unspecified atom stereocenters. The Kier molecular flexibility index (Phi) is 4.54. The van der Waals surface area contributed by atoms with Crippen LogP contribution in [-0.2, 0) is 0 Å². The molecule has 0 saturated heterocycles. The summed E-state index contributed by atoms with van der Waals surface area (Å²) < 4.78 is 1.04. The van der Waals surface area contributed by atoms with Crippen molar-refractivity contribution in [3.8, 4) is 0 Å². The fourth-order valence-electron chi connectivity index (χ4n) is 1.93. The Bertz CT molecular complexity index is 578. The van der Waals surface area contributed by atoms with Crippen molar-refractivity contribution in [2.45, 2.75) is 26.8 Å². The van der Waals surface area contributed by atoms with Crippen LogP contribution in [0.1, 0.15) is 29.7 Å². The highest BCUT2D eigenvalue weighted by Gasteiger charge is 2.09. The minimum atomic E-state index is 0.232. The molecule has 100 valence electrons. The Morgan fingerprint density at radius 3 is 2.37 bits per heavy atom. The molecular formula is C16H17BrClN. The van der Waals surface area contributed by atoms with Gasteiger partial charge in [0.2, 0.25) is 0 Å². The topological polar surface area (TPSA) is 12.0 Å². The highest BCUT2D eigenvalue weighted by molar-refractivity contribution is 9.10. The molecule has 19 heavy (non-hydrogen) atoms. The Morgan fingerprint density at radius 2 is 1.74 bits per heavy atom. The van der Waals surface area contributed by atoms with Gasteiger partial charge in [0, 0.05) is 15.5 Å². The van der Waals surface area contributed by atoms with Gasteiger partial charge in [-0.1, -0.05) is 41.4 Å². The summed E-state index contributed by atoms with van der Waals surface area (Å²) >= 11 is 9.75. The molecule has 0 aromatic heterocycles. The molecule has 3 heteroatoms. The van der Waals surface area contributed by atoms with E-state index in [4.69, 9.17) is 11.6 Å². The summed E-state index contributed by atoms with van der Waals surface area (Å²) in [6.45, 7) is 6.24. The van der Waals surface area contributed by atoms with E-state index in [9.17, 15) is 0 Å². The maximum atomic E-state index is 6.18. The Balaban J connectivity index is 2.21. The second-order valence-electron chi connectivity index (χ2n) is 4.86. The van der Waals surface area contributed by atoms with Gasteiger partial charge in [0.15, 0.2) is 0 Å². The molecule has 0 aliphatic carbocycles. The Morgan fingerprint density at radius 1 is 1.11 bits per heavy atom. The number of halogens is 2. The third-order valence-corrected chi connectivity index (χ3v) is 4.26. The number of hydrogen-bond acceptors (Lipinski definition) is 1. The average Bonchev–Trinajstić information content (AvgIpc) is 2.36. The molecule has 0 amide bonds. The van der Waals surface area contributed by atoms with Crippen LogP contribution in [0.15, 0.2) is 40.9 Å². The lowest BCUT2D eigenvalue weighted by Gasteiger charge is -2.18. The van der Waals surface area contributed by atoms with Gasteiger partial charge in [-0.25, -0.2) is 0 Å². The zero-order valence-corrected chi connectivity index (χ0v) is 13.6. The minimum Gasteiger partial charge on any atom is -0.378 e. The molecule has 0 radical (unpaired) electrons. The van der Waals surface area contributed by atoms with Crippen LogP contribution in [0.4, 0.5) is 5.69 Å². The van der Waals surface area contributed by atoms with Gasteiger partial charge in [0.25, 0.3) is 0 Å². The van der Waals surface area contributed by atoms with Gasteiger partial charge in [0.1, 0.15) is 0 Å². The van der Waals surface area contributed by atoms with E-state index in [0.717, 1.165) is 20.7 Å². The molecule has 2 aromatic carbocycles. The molecule has 2 aromatic rings. The summed E-state index contributed by atoms with van der Waals surface area (Å²) in [5, 5.41) is 4.26. The zero-order valence-electron chi connectivity index (χ0n) is 11.3. The summed E-state index contributed by atoms with van der Waals surface area (Å²) in [6, 6.07) is 12.8. The molecule has 1 atom stereocenters. The van der Waals surface area contributed by atoms with Crippen LogP contribution in [0.2, 0.25) is 5.02 Å². The highest BCUT2D eigenvalue weighted by atomic mass is 79.9. The van der Waals surface area contributed by atoms with Crippen LogP contribution >= 0.6 is 27.5 Å². The first-order chi connectivity index (χ1) is 8.97. The van der Waals surface area contributed by atoms with Crippen molar-refractivity contribution in [3.05, 3.63) is 62.6 Å². The van der Waals surface area contributed by atoms with Crippen molar-refractivity contribution in [3.63, 3.8) is 0 Å². The first-order valence-corrected chi connectivity index (χ1v) is 7.43. The molecule has 1 N–H and O–H groups in total. The first-order valence-electron chi connectivity index (χ1n) is 6.26. The number of rotatable bonds is 3. The third kappa shape index (κ3) is 3.52. The van der Waals surface area contributed by atoms with Gasteiger partial charge in [-0.3, -0.25) is 0 Å². The molecule has 0 fully saturated rings. The largest absolute Gasteiger partial charge is 0.378 e. The van der Waals surface area contributed by atoms with E-state index >= 15 is 0 Å². The molecule has 0 saturated carbocycles. The van der Waals surface area contributed by atoms with Crippen molar-refractivity contribution < 1.29 is 0 Å². The number of nitrogens with one attached hydrogen (secondary N) is 1. The molecule has 0 bridgehead atoms. The van der Waals surface area contributed by atoms with Crippen LogP contribution in [-0.4, -0.2) is 0 Å². The fraction of sp³-hybridized carbons (Fsp3) is 0.250. The molecule has 0 heterocycles. The van der Waals surface area contributed by atoms with Crippen molar-refractivity contribution >= 4 is 33.2 Å². The van der Waals surface area contributed by atoms with E-state index in [-0.39, 0.29) is 6.04 Å². The van der Waals surface area contributed by atoms with Gasteiger partial charge in [-0.15, -0.1) is 0 Å². The number of hydrogen-bond donors (Lipinski definition) is 1. The summed E-state index contributed by atoms with van der Waals surface area (Å²) in [7, 11) is 0. The molecule has 2 rings (SSSR count). The predicted octanol–water partition coefficient (Wildman–Crippen LogP) is 5.89. The number of aryl methyl sites for hydroxylation is 2. The second-order valence-corrected chi connectivity index (χ2v) is 6.12. The Labute approximate surface area is 128 Å². The van der Waals surface area contributed by atoms with Gasteiger partial charge in [-0.05, 0) is 60.0 Å². The maximum Gasteiger partial charge on any atom is 0.0504 e. The van der Waals surface area contributed by atoms with E-state index < -0.39 is 0 Å². The second kappa shape index (κ2) is 5.98. The van der Waals surface area contributed by atoms with Crippen LogP contribution < -0.4 is 5.32 Å². The fourth-order valence-corrected chi connectivity index (χ4v) is 2.66. The summed E-state index contributed by atoms with van der Waals surface area (Å²) in [6.07, 6.45) is 0. The molecule has 0 aliphatic heterocycles. The van der Waals surface area contributed by atoms with Crippen LogP contribution in [0.25, 0.3) is 0 Å². The van der Waals surface area contributed by atoms with E-state index in [1.165, 1.54) is 11.1 Å². The standard InChI is InChI=1S/C16H17BrClN/c1-10-4-6-13(7-5-10)12(3)19-16-9-15(18)11(2)8-14(16)17/h4-9,12,19H,1-3H3. The lowest BCUT2D eigenvalue weighted by Crippen LogP contribution is -2.07. The zero-order chi connectivity index (χ0) is 14.0. The molecule has 1 nitrogen and oxygen atoms in total. The van der Waals surface area contributed by atoms with Crippen molar-refractivity contribution in [1.82, 2.24) is 0 Å². The highest BCUT2D eigenvalue weighted by Crippen LogP contribution is 2.31. The van der Waals surface area contributed by atoms with Crippen molar-refractivity contribution in [1.29, 1.82) is 0 Å². The first kappa shape index (κ1) is 14.4. The predicted molar refractivity (Wildman–Crippen MR) is 87.1 cm³/mol. The van der Waals surface area contributed by atoms with Gasteiger partial charge >= 0.3 is 0 Å². The van der Waals surface area contributed by atoms with Crippen LogP contribution in [0.3, 0.4) is 0 Å². The van der Waals surface area contributed by atoms with E-state index in [0.29, 0.717) is 0 Å². The Hall–Kier alpha value is -0.990. The molecular weight excluding hydrogens is 322 g/mol. The van der Waals surface area contributed by atoms with Crippen molar-refractivity contribution in [2.24, 2.45) is 0 Å². The van der Waals surface area contributed by atoms with Gasteiger partial charge in [-0.2, -0.15) is 0 Å². The van der Waals surface area contributed by atoms with E-state index in [1.54, 1.807) is 0 Å². The minimum absolute atomic E-state index is 0.232. The molecule has 0 spiro atoms. The number of anilines is 1. The van der Waals surface area contributed by atoms with E-state index in [1.807, 2.05) is 19.1 Å². The van der Waals surface area contributed by atoms with Gasteiger partial charge < -0.3 is 5.32 Å². The van der Waals surface area contributed by atoms with Crippen LogP contribution in [0.5, 0.6) is 0 Å². The smallest absolute Gasteiger partial charge is 0.0504 e. The SMILES string of the molecule is Cc1ccc(C(C)Nc2cc(Cl)c(C)cc2Br)cc1. The summed E-state index contributed by atoms with van der Waals surface area (Å²) in [5.41, 5.74) is 4.62.